The topological polar surface area (TPSA) is 40.6 Å². The lowest BCUT2D eigenvalue weighted by Crippen LogP contribution is -2.33. The van der Waals surface area contributed by atoms with Crippen molar-refractivity contribution < 1.29 is 9.59 Å². The van der Waals surface area contributed by atoms with E-state index in [2.05, 4.69) is 18.7 Å². The van der Waals surface area contributed by atoms with Crippen LogP contribution in [0.2, 0.25) is 0 Å². The van der Waals surface area contributed by atoms with Crippen LogP contribution in [0.25, 0.3) is 10.8 Å². The Morgan fingerprint density at radius 3 is 2.38 bits per heavy atom. The van der Waals surface area contributed by atoms with Gasteiger partial charge < -0.3 is 4.90 Å². The number of carbonyl (C=O) groups excluding carboxylic acids is 2. The van der Waals surface area contributed by atoms with Crippen molar-refractivity contribution in [2.24, 2.45) is 0 Å². The molecule has 0 saturated heterocycles. The summed E-state index contributed by atoms with van der Waals surface area (Å²) in [7, 11) is 0. The lowest BCUT2D eigenvalue weighted by molar-refractivity contribution is 0.0648. The molecule has 1 aliphatic rings. The first-order chi connectivity index (χ1) is 11.2. The summed E-state index contributed by atoms with van der Waals surface area (Å²) >= 11 is 0. The van der Waals surface area contributed by atoms with Crippen molar-refractivity contribution in [2.75, 3.05) is 26.2 Å². The molecule has 0 unspecified atom stereocenters. The second-order valence-electron chi connectivity index (χ2n) is 5.85. The predicted molar refractivity (Wildman–Crippen MR) is 99.0 cm³/mol. The minimum Gasteiger partial charge on any atom is -0.304 e. The van der Waals surface area contributed by atoms with Crippen LogP contribution in [0.15, 0.2) is 36.4 Å². The molecule has 24 heavy (non-hydrogen) atoms. The third-order valence-corrected chi connectivity index (χ3v) is 4.61. The molecule has 2 aromatic carbocycles. The SMILES string of the molecule is CCN(CC)CCCN1C(=O)c2ccc3ccccc3c2C1=O.Cl. The van der Waals surface area contributed by atoms with Crippen LogP contribution in [0.5, 0.6) is 0 Å². The number of fused-ring (bicyclic) bond motifs is 3. The van der Waals surface area contributed by atoms with Crippen LogP contribution in [-0.4, -0.2) is 47.8 Å². The summed E-state index contributed by atoms with van der Waals surface area (Å²) in [5.74, 6) is -0.309. The zero-order valence-electron chi connectivity index (χ0n) is 14.1. The van der Waals surface area contributed by atoms with Crippen molar-refractivity contribution in [3.8, 4) is 0 Å². The van der Waals surface area contributed by atoms with Gasteiger partial charge >= 0.3 is 0 Å². The molecule has 2 aromatic rings. The maximum atomic E-state index is 12.7. The van der Waals surface area contributed by atoms with E-state index < -0.39 is 0 Å². The number of benzene rings is 2. The van der Waals surface area contributed by atoms with E-state index in [1.807, 2.05) is 30.3 Å². The molecular formula is C19H23ClN2O2. The number of carbonyl (C=O) groups is 2. The van der Waals surface area contributed by atoms with E-state index in [0.29, 0.717) is 17.7 Å². The molecule has 1 heterocycles. The molecule has 0 bridgehead atoms. The summed E-state index contributed by atoms with van der Waals surface area (Å²) in [5.41, 5.74) is 1.10. The number of imide groups is 1. The molecule has 4 nitrogen and oxygen atoms in total. The standard InChI is InChI=1S/C19H22N2O2.ClH/c1-3-20(4-2)12-7-13-21-18(22)16-11-10-14-8-5-6-9-15(14)17(16)19(21)23;/h5-6,8-11H,3-4,7,12-13H2,1-2H3;1H. The molecule has 0 atom stereocenters. The number of amides is 2. The van der Waals surface area contributed by atoms with Gasteiger partial charge in [0, 0.05) is 6.54 Å². The lowest BCUT2D eigenvalue weighted by atomic mass is 10.0. The molecule has 0 saturated carbocycles. The van der Waals surface area contributed by atoms with Crippen LogP contribution < -0.4 is 0 Å². The Balaban J connectivity index is 0.00000208. The second-order valence-corrected chi connectivity index (χ2v) is 5.85. The van der Waals surface area contributed by atoms with Crippen LogP contribution in [-0.2, 0) is 0 Å². The van der Waals surface area contributed by atoms with Gasteiger partial charge in [-0.15, -0.1) is 12.4 Å². The first kappa shape index (κ1) is 18.4. The van der Waals surface area contributed by atoms with Gasteiger partial charge in [-0.3, -0.25) is 14.5 Å². The number of hydrogen-bond donors (Lipinski definition) is 0. The summed E-state index contributed by atoms with van der Waals surface area (Å²) in [4.78, 5) is 29.0. The monoisotopic (exact) mass is 346 g/mol. The molecule has 0 N–H and O–H groups in total. The molecule has 0 fully saturated rings. The Labute approximate surface area is 148 Å². The summed E-state index contributed by atoms with van der Waals surface area (Å²) in [6.07, 6.45) is 0.811. The highest BCUT2D eigenvalue weighted by atomic mass is 35.5. The van der Waals surface area contributed by atoms with E-state index in [9.17, 15) is 9.59 Å². The van der Waals surface area contributed by atoms with Gasteiger partial charge in [-0.1, -0.05) is 44.2 Å². The van der Waals surface area contributed by atoms with Gasteiger partial charge in [0.2, 0.25) is 0 Å². The fourth-order valence-corrected chi connectivity index (χ4v) is 3.25. The smallest absolute Gasteiger partial charge is 0.262 e. The molecule has 1 aliphatic heterocycles. The molecule has 128 valence electrons. The Morgan fingerprint density at radius 1 is 0.958 bits per heavy atom. The van der Waals surface area contributed by atoms with E-state index in [1.165, 1.54) is 4.90 Å². The van der Waals surface area contributed by atoms with Crippen molar-refractivity contribution in [3.05, 3.63) is 47.5 Å². The van der Waals surface area contributed by atoms with Gasteiger partial charge in [0.15, 0.2) is 0 Å². The first-order valence-corrected chi connectivity index (χ1v) is 8.27. The van der Waals surface area contributed by atoms with Crippen LogP contribution in [0.4, 0.5) is 0 Å². The maximum Gasteiger partial charge on any atom is 0.262 e. The van der Waals surface area contributed by atoms with Crippen molar-refractivity contribution in [3.63, 3.8) is 0 Å². The van der Waals surface area contributed by atoms with E-state index in [1.54, 1.807) is 6.07 Å². The summed E-state index contributed by atoms with van der Waals surface area (Å²) < 4.78 is 0. The molecule has 5 heteroatoms. The van der Waals surface area contributed by atoms with Gasteiger partial charge in [0.1, 0.15) is 0 Å². The van der Waals surface area contributed by atoms with Crippen LogP contribution >= 0.6 is 12.4 Å². The Hall–Kier alpha value is -1.91. The highest BCUT2D eigenvalue weighted by Gasteiger charge is 2.36. The second kappa shape index (κ2) is 7.77. The molecule has 0 aliphatic carbocycles. The highest BCUT2D eigenvalue weighted by molar-refractivity contribution is 6.26. The van der Waals surface area contributed by atoms with E-state index in [4.69, 9.17) is 0 Å². The molecule has 3 rings (SSSR count). The maximum absolute atomic E-state index is 12.7. The number of halogens is 1. The number of nitrogens with zero attached hydrogens (tertiary/aromatic N) is 2. The van der Waals surface area contributed by atoms with E-state index in [0.717, 1.165) is 36.8 Å². The number of rotatable bonds is 6. The third kappa shape index (κ3) is 3.17. The summed E-state index contributed by atoms with van der Waals surface area (Å²) in [6.45, 7) is 7.61. The van der Waals surface area contributed by atoms with E-state index >= 15 is 0 Å². The van der Waals surface area contributed by atoms with Crippen molar-refractivity contribution in [2.45, 2.75) is 20.3 Å². The molecule has 0 aromatic heterocycles. The third-order valence-electron chi connectivity index (χ3n) is 4.61. The summed E-state index contributed by atoms with van der Waals surface area (Å²) in [6, 6.07) is 11.4. The molecule has 0 radical (unpaired) electrons. The predicted octanol–water partition coefficient (Wildman–Crippen LogP) is 3.59. The van der Waals surface area contributed by atoms with Crippen molar-refractivity contribution in [1.82, 2.24) is 9.80 Å². The van der Waals surface area contributed by atoms with Crippen LogP contribution in [0.3, 0.4) is 0 Å². The fourth-order valence-electron chi connectivity index (χ4n) is 3.25. The normalized spacial score (nSPS) is 13.5. The zero-order chi connectivity index (χ0) is 16.4. The van der Waals surface area contributed by atoms with Crippen LogP contribution in [0, 0.1) is 0 Å². The quantitative estimate of drug-likeness (QED) is 0.750. The molecule has 0 spiro atoms. The zero-order valence-corrected chi connectivity index (χ0v) is 14.9. The summed E-state index contributed by atoms with van der Waals surface area (Å²) in [5, 5.41) is 1.87. The fraction of sp³-hybridized carbons (Fsp3) is 0.368. The van der Waals surface area contributed by atoms with Gasteiger partial charge in [-0.25, -0.2) is 0 Å². The molecular weight excluding hydrogens is 324 g/mol. The minimum absolute atomic E-state index is 0. The van der Waals surface area contributed by atoms with Crippen LogP contribution in [0.1, 0.15) is 41.0 Å². The highest BCUT2D eigenvalue weighted by Crippen LogP contribution is 2.30. The lowest BCUT2D eigenvalue weighted by Gasteiger charge is -2.20. The van der Waals surface area contributed by atoms with Gasteiger partial charge in [-0.2, -0.15) is 0 Å². The Kier molecular flexibility index (Phi) is 5.97. The van der Waals surface area contributed by atoms with Gasteiger partial charge in [-0.05, 0) is 42.9 Å². The number of hydrogen-bond acceptors (Lipinski definition) is 3. The molecule has 2 amide bonds. The van der Waals surface area contributed by atoms with Crippen molar-refractivity contribution in [1.29, 1.82) is 0 Å². The van der Waals surface area contributed by atoms with Gasteiger partial charge in [0.25, 0.3) is 11.8 Å². The Morgan fingerprint density at radius 2 is 1.67 bits per heavy atom. The largest absolute Gasteiger partial charge is 0.304 e. The first-order valence-electron chi connectivity index (χ1n) is 8.27. The Bertz CT molecular complexity index is 756. The average Bonchev–Trinajstić information content (AvgIpc) is 2.83. The average molecular weight is 347 g/mol. The van der Waals surface area contributed by atoms with Crippen molar-refractivity contribution >= 4 is 35.0 Å². The van der Waals surface area contributed by atoms with E-state index in [-0.39, 0.29) is 24.2 Å². The van der Waals surface area contributed by atoms with Gasteiger partial charge in [0.05, 0.1) is 11.1 Å². The minimum atomic E-state index is -0.157.